The maximum atomic E-state index is 11.1. The molecule has 2 atom stereocenters. The maximum absolute atomic E-state index is 11.1. The SMILES string of the molecule is CCC(=O)CC(O)CC(C)CCC=C(C)C. The predicted molar refractivity (Wildman–Crippen MR) is 68.4 cm³/mol. The standard InChI is InChI=1S/C14H26O2/c1-5-13(15)10-14(16)9-12(4)8-6-7-11(2)3/h7,12,14,16H,5-6,8-10H2,1-4H3. The van der Waals surface area contributed by atoms with E-state index in [2.05, 4.69) is 26.8 Å². The normalized spacial score (nSPS) is 14.3. The van der Waals surface area contributed by atoms with E-state index in [9.17, 15) is 9.90 Å². The van der Waals surface area contributed by atoms with E-state index in [0.29, 0.717) is 18.8 Å². The van der Waals surface area contributed by atoms with Gasteiger partial charge in [-0.1, -0.05) is 25.5 Å². The number of carbonyl (C=O) groups is 1. The molecule has 0 amide bonds. The van der Waals surface area contributed by atoms with Crippen molar-refractivity contribution in [2.45, 2.75) is 65.9 Å². The smallest absolute Gasteiger partial charge is 0.135 e. The van der Waals surface area contributed by atoms with Crippen LogP contribution in [0.2, 0.25) is 0 Å². The van der Waals surface area contributed by atoms with Gasteiger partial charge in [0.05, 0.1) is 6.10 Å². The Kier molecular flexibility index (Phi) is 8.18. The van der Waals surface area contributed by atoms with Crippen LogP contribution in [0.1, 0.15) is 59.8 Å². The van der Waals surface area contributed by atoms with Crippen molar-refractivity contribution in [1.82, 2.24) is 0 Å². The van der Waals surface area contributed by atoms with E-state index < -0.39 is 6.10 Å². The number of hydrogen-bond donors (Lipinski definition) is 1. The van der Waals surface area contributed by atoms with Crippen LogP contribution in [0.4, 0.5) is 0 Å². The van der Waals surface area contributed by atoms with Crippen LogP contribution in [0.25, 0.3) is 0 Å². The molecule has 0 aliphatic rings. The number of Topliss-reactive ketones (excluding diaryl/α,β-unsaturated/α-hetero) is 1. The monoisotopic (exact) mass is 226 g/mol. The zero-order chi connectivity index (χ0) is 12.6. The summed E-state index contributed by atoms with van der Waals surface area (Å²) in [5.74, 6) is 0.638. The van der Waals surface area contributed by atoms with E-state index >= 15 is 0 Å². The van der Waals surface area contributed by atoms with Crippen LogP contribution < -0.4 is 0 Å². The van der Waals surface area contributed by atoms with Crippen molar-refractivity contribution in [2.75, 3.05) is 0 Å². The van der Waals surface area contributed by atoms with Crippen LogP contribution in [-0.4, -0.2) is 17.0 Å². The Morgan fingerprint density at radius 3 is 2.50 bits per heavy atom. The van der Waals surface area contributed by atoms with Gasteiger partial charge in [-0.25, -0.2) is 0 Å². The second-order valence-electron chi connectivity index (χ2n) is 4.95. The third-order valence-electron chi connectivity index (χ3n) is 2.74. The highest BCUT2D eigenvalue weighted by molar-refractivity contribution is 5.78. The summed E-state index contributed by atoms with van der Waals surface area (Å²) in [7, 11) is 0. The van der Waals surface area contributed by atoms with Crippen molar-refractivity contribution >= 4 is 5.78 Å². The lowest BCUT2D eigenvalue weighted by molar-refractivity contribution is -0.120. The molecule has 0 aromatic heterocycles. The molecular weight excluding hydrogens is 200 g/mol. The highest BCUT2D eigenvalue weighted by Crippen LogP contribution is 2.16. The first kappa shape index (κ1) is 15.4. The average Bonchev–Trinajstić information content (AvgIpc) is 2.16. The van der Waals surface area contributed by atoms with Crippen molar-refractivity contribution in [3.8, 4) is 0 Å². The first-order valence-corrected chi connectivity index (χ1v) is 6.28. The molecular formula is C14H26O2. The van der Waals surface area contributed by atoms with E-state index in [0.717, 1.165) is 19.3 Å². The van der Waals surface area contributed by atoms with Crippen molar-refractivity contribution < 1.29 is 9.90 Å². The van der Waals surface area contributed by atoms with Crippen LogP contribution in [0.3, 0.4) is 0 Å². The van der Waals surface area contributed by atoms with Gasteiger partial charge in [0.2, 0.25) is 0 Å². The number of aliphatic hydroxyl groups excluding tert-OH is 1. The second kappa shape index (κ2) is 8.51. The molecule has 0 aromatic carbocycles. The molecule has 2 unspecified atom stereocenters. The lowest BCUT2D eigenvalue weighted by Gasteiger charge is -2.15. The summed E-state index contributed by atoms with van der Waals surface area (Å²) in [6.45, 7) is 8.17. The fourth-order valence-electron chi connectivity index (χ4n) is 1.73. The summed E-state index contributed by atoms with van der Waals surface area (Å²) >= 11 is 0. The Hall–Kier alpha value is -0.630. The van der Waals surface area contributed by atoms with E-state index in [1.165, 1.54) is 5.57 Å². The lowest BCUT2D eigenvalue weighted by Crippen LogP contribution is -2.16. The molecule has 0 radical (unpaired) electrons. The van der Waals surface area contributed by atoms with E-state index in [4.69, 9.17) is 0 Å². The van der Waals surface area contributed by atoms with Crippen LogP contribution in [0.5, 0.6) is 0 Å². The van der Waals surface area contributed by atoms with Crippen molar-refractivity contribution in [3.63, 3.8) is 0 Å². The Morgan fingerprint density at radius 1 is 1.38 bits per heavy atom. The summed E-state index contributed by atoms with van der Waals surface area (Å²) in [5, 5.41) is 9.69. The molecule has 94 valence electrons. The van der Waals surface area contributed by atoms with Gasteiger partial charge in [0, 0.05) is 12.8 Å². The van der Waals surface area contributed by atoms with Gasteiger partial charge in [-0.3, -0.25) is 4.79 Å². The largest absolute Gasteiger partial charge is 0.393 e. The van der Waals surface area contributed by atoms with Crippen molar-refractivity contribution in [1.29, 1.82) is 0 Å². The van der Waals surface area contributed by atoms with Gasteiger partial charge in [-0.15, -0.1) is 0 Å². The minimum absolute atomic E-state index is 0.156. The number of carbonyl (C=O) groups excluding carboxylic acids is 1. The second-order valence-corrected chi connectivity index (χ2v) is 4.95. The van der Waals surface area contributed by atoms with Gasteiger partial charge < -0.3 is 5.11 Å². The minimum Gasteiger partial charge on any atom is -0.393 e. The average molecular weight is 226 g/mol. The molecule has 0 rings (SSSR count). The van der Waals surface area contributed by atoms with Gasteiger partial charge in [0.1, 0.15) is 5.78 Å². The Labute approximate surface area is 99.7 Å². The van der Waals surface area contributed by atoms with E-state index in [1.807, 2.05) is 6.92 Å². The quantitative estimate of drug-likeness (QED) is 0.643. The van der Waals surface area contributed by atoms with Gasteiger partial charge in [-0.05, 0) is 39.0 Å². The molecule has 0 saturated heterocycles. The molecule has 1 N–H and O–H groups in total. The van der Waals surface area contributed by atoms with Crippen LogP contribution in [0.15, 0.2) is 11.6 Å². The lowest BCUT2D eigenvalue weighted by atomic mass is 9.95. The van der Waals surface area contributed by atoms with Gasteiger partial charge >= 0.3 is 0 Å². The summed E-state index contributed by atoms with van der Waals surface area (Å²) < 4.78 is 0. The molecule has 0 heterocycles. The Balaban J connectivity index is 3.73. The van der Waals surface area contributed by atoms with Gasteiger partial charge in [0.15, 0.2) is 0 Å². The summed E-state index contributed by atoms with van der Waals surface area (Å²) in [5.41, 5.74) is 1.34. The van der Waals surface area contributed by atoms with Crippen LogP contribution in [0, 0.1) is 5.92 Å². The Morgan fingerprint density at radius 2 is 2.00 bits per heavy atom. The molecule has 0 spiro atoms. The summed E-state index contributed by atoms with van der Waals surface area (Å²) in [6.07, 6.45) is 5.52. The topological polar surface area (TPSA) is 37.3 Å². The zero-order valence-electron chi connectivity index (χ0n) is 11.1. The third-order valence-corrected chi connectivity index (χ3v) is 2.74. The number of rotatable bonds is 8. The molecule has 0 bridgehead atoms. The fourth-order valence-corrected chi connectivity index (χ4v) is 1.73. The fraction of sp³-hybridized carbons (Fsp3) is 0.786. The van der Waals surface area contributed by atoms with Crippen LogP contribution in [-0.2, 0) is 4.79 Å². The zero-order valence-corrected chi connectivity index (χ0v) is 11.1. The number of aliphatic hydroxyl groups is 1. The maximum Gasteiger partial charge on any atom is 0.135 e. The van der Waals surface area contributed by atoms with Gasteiger partial charge in [0.25, 0.3) is 0 Å². The summed E-state index contributed by atoms with van der Waals surface area (Å²) in [4.78, 5) is 11.1. The molecule has 16 heavy (non-hydrogen) atoms. The van der Waals surface area contributed by atoms with E-state index in [1.54, 1.807) is 0 Å². The third kappa shape index (κ3) is 8.66. The molecule has 0 saturated carbocycles. The highest BCUT2D eigenvalue weighted by Gasteiger charge is 2.12. The minimum atomic E-state index is -0.450. The van der Waals surface area contributed by atoms with Crippen molar-refractivity contribution in [3.05, 3.63) is 11.6 Å². The number of hydrogen-bond acceptors (Lipinski definition) is 2. The number of ketones is 1. The highest BCUT2D eigenvalue weighted by atomic mass is 16.3. The first-order valence-electron chi connectivity index (χ1n) is 6.28. The molecule has 0 aliphatic heterocycles. The summed E-state index contributed by atoms with van der Waals surface area (Å²) in [6, 6.07) is 0. The molecule has 0 fully saturated rings. The predicted octanol–water partition coefficient (Wildman–Crippen LogP) is 3.49. The van der Waals surface area contributed by atoms with E-state index in [-0.39, 0.29) is 5.78 Å². The molecule has 0 aliphatic carbocycles. The number of allylic oxidation sites excluding steroid dienone is 2. The van der Waals surface area contributed by atoms with Crippen molar-refractivity contribution in [2.24, 2.45) is 5.92 Å². The molecule has 0 aromatic rings. The first-order chi connectivity index (χ1) is 7.45. The molecule has 2 nitrogen and oxygen atoms in total. The molecule has 2 heteroatoms. The Bertz CT molecular complexity index is 227. The van der Waals surface area contributed by atoms with Crippen LogP contribution >= 0.6 is 0 Å². The van der Waals surface area contributed by atoms with Gasteiger partial charge in [-0.2, -0.15) is 0 Å².